The topological polar surface area (TPSA) is 76.1 Å². The zero-order valence-corrected chi connectivity index (χ0v) is 26.7. The molecule has 3 aromatic rings. The molecule has 0 bridgehead atoms. The van der Waals surface area contributed by atoms with Crippen molar-refractivity contribution in [2.24, 2.45) is 5.92 Å². The number of carbonyl (C=O) groups is 3. The number of nitrogens with zero attached hydrogens (tertiary/aromatic N) is 2. The number of esters is 1. The van der Waals surface area contributed by atoms with E-state index >= 15 is 4.39 Å². The fraction of sp³-hybridized carbons (Fsp3) is 0.382. The molecule has 0 unspecified atom stereocenters. The van der Waals surface area contributed by atoms with E-state index in [1.165, 1.54) is 24.1 Å². The van der Waals surface area contributed by atoms with Gasteiger partial charge in [-0.15, -0.1) is 0 Å². The van der Waals surface area contributed by atoms with Gasteiger partial charge >= 0.3 is 5.97 Å². The van der Waals surface area contributed by atoms with Crippen LogP contribution in [0.2, 0.25) is 10.0 Å². The molecule has 2 aliphatic rings. The fourth-order valence-electron chi connectivity index (χ4n) is 6.09. The lowest BCUT2D eigenvalue weighted by Crippen LogP contribution is -2.46. The number of methoxy groups -OCH3 is 1. The van der Waals surface area contributed by atoms with Crippen LogP contribution in [0, 0.1) is 11.7 Å². The first-order valence-corrected chi connectivity index (χ1v) is 15.3. The van der Waals surface area contributed by atoms with Crippen LogP contribution in [-0.2, 0) is 26.5 Å². The van der Waals surface area contributed by atoms with Crippen LogP contribution in [0.4, 0.5) is 4.39 Å². The number of hydrogen-bond donors (Lipinski definition) is 0. The Morgan fingerprint density at radius 1 is 0.977 bits per heavy atom. The molecular weight excluding hydrogens is 606 g/mol. The van der Waals surface area contributed by atoms with E-state index in [0.29, 0.717) is 41.5 Å². The monoisotopic (exact) mass is 640 g/mol. The Balaban J connectivity index is 1.44. The van der Waals surface area contributed by atoms with E-state index in [0.717, 1.165) is 5.56 Å². The van der Waals surface area contributed by atoms with Crippen molar-refractivity contribution in [3.8, 4) is 0 Å². The van der Waals surface area contributed by atoms with Crippen molar-refractivity contribution >= 4 is 40.9 Å². The number of ketones is 1. The number of Topliss-reactive ketones (excluding diaryl/α,β-unsaturated/α-hetero) is 1. The summed E-state index contributed by atoms with van der Waals surface area (Å²) in [6.45, 7) is 6.76. The molecular formula is C34H35Cl2FN2O5. The van der Waals surface area contributed by atoms with Crippen LogP contribution in [0.5, 0.6) is 0 Å². The fourth-order valence-corrected chi connectivity index (χ4v) is 6.34. The molecule has 1 saturated heterocycles. The van der Waals surface area contributed by atoms with Gasteiger partial charge < -0.3 is 9.47 Å². The average molecular weight is 642 g/mol. The summed E-state index contributed by atoms with van der Waals surface area (Å²) in [5.74, 6) is -2.09. The predicted octanol–water partition coefficient (Wildman–Crippen LogP) is 6.87. The maximum atomic E-state index is 16.3. The highest BCUT2D eigenvalue weighted by molar-refractivity contribution is 6.30. The Morgan fingerprint density at radius 2 is 1.57 bits per heavy atom. The van der Waals surface area contributed by atoms with E-state index in [1.807, 2.05) is 25.7 Å². The Labute approximate surface area is 266 Å². The first-order chi connectivity index (χ1) is 20.8. The number of halogens is 3. The van der Waals surface area contributed by atoms with Gasteiger partial charge in [0.1, 0.15) is 11.4 Å². The number of rotatable bonds is 8. The highest BCUT2D eigenvalue weighted by Crippen LogP contribution is 2.47. The summed E-state index contributed by atoms with van der Waals surface area (Å²) < 4.78 is 27.8. The number of fused-ring (bicyclic) bond motifs is 1. The summed E-state index contributed by atoms with van der Waals surface area (Å²) >= 11 is 12.3. The molecule has 2 heterocycles. The van der Waals surface area contributed by atoms with Crippen LogP contribution < -0.4 is 0 Å². The van der Waals surface area contributed by atoms with Crippen molar-refractivity contribution in [2.75, 3.05) is 26.7 Å². The molecule has 1 amide bonds. The molecule has 5 rings (SSSR count). The van der Waals surface area contributed by atoms with Gasteiger partial charge in [-0.05, 0) is 88.7 Å². The van der Waals surface area contributed by atoms with Crippen LogP contribution in [0.25, 0.3) is 0 Å². The summed E-state index contributed by atoms with van der Waals surface area (Å²) in [5, 5.41) is 1.03. The number of benzene rings is 3. The summed E-state index contributed by atoms with van der Waals surface area (Å²) in [7, 11) is 1.43. The molecule has 0 aliphatic carbocycles. The minimum absolute atomic E-state index is 0.0463. The second kappa shape index (κ2) is 12.6. The first-order valence-electron chi connectivity index (χ1n) is 14.5. The SMILES string of the molecule is CO[C@]1(c2ccc(Cl)cc2)c2c(F)cc(C(=O)C3CCN(CC(=O)OC(C)(C)C)CC3)cc2C(=O)N1Cc1ccc(Cl)cc1. The van der Waals surface area contributed by atoms with Crippen molar-refractivity contribution in [2.45, 2.75) is 51.5 Å². The predicted molar refractivity (Wildman–Crippen MR) is 166 cm³/mol. The molecule has 0 N–H and O–H groups in total. The molecule has 7 nitrogen and oxygen atoms in total. The molecule has 0 saturated carbocycles. The molecule has 0 aromatic heterocycles. The van der Waals surface area contributed by atoms with Gasteiger partial charge in [-0.25, -0.2) is 4.39 Å². The lowest BCUT2D eigenvalue weighted by Gasteiger charge is -2.38. The van der Waals surface area contributed by atoms with Crippen molar-refractivity contribution in [1.29, 1.82) is 0 Å². The van der Waals surface area contributed by atoms with Crippen LogP contribution in [0.1, 0.15) is 71.0 Å². The van der Waals surface area contributed by atoms with Gasteiger partial charge in [0, 0.05) is 40.7 Å². The van der Waals surface area contributed by atoms with Gasteiger partial charge in [-0.1, -0.05) is 47.5 Å². The van der Waals surface area contributed by atoms with Crippen LogP contribution in [0.3, 0.4) is 0 Å². The van der Waals surface area contributed by atoms with Gasteiger partial charge in [-0.2, -0.15) is 0 Å². The third-order valence-electron chi connectivity index (χ3n) is 8.09. The van der Waals surface area contributed by atoms with E-state index in [9.17, 15) is 14.4 Å². The van der Waals surface area contributed by atoms with E-state index in [2.05, 4.69) is 0 Å². The minimum atomic E-state index is -1.60. The largest absolute Gasteiger partial charge is 0.459 e. The number of ether oxygens (including phenoxy) is 2. The van der Waals surface area contributed by atoms with Crippen LogP contribution >= 0.6 is 23.2 Å². The maximum absolute atomic E-state index is 16.3. The lowest BCUT2D eigenvalue weighted by molar-refractivity contribution is -0.156. The quantitative estimate of drug-likeness (QED) is 0.197. The summed E-state index contributed by atoms with van der Waals surface area (Å²) in [5.41, 5.74) is -0.642. The van der Waals surface area contributed by atoms with E-state index in [1.54, 1.807) is 48.5 Å². The van der Waals surface area contributed by atoms with Crippen molar-refractivity contribution in [3.63, 3.8) is 0 Å². The molecule has 1 atom stereocenters. The van der Waals surface area contributed by atoms with Crippen LogP contribution in [-0.4, -0.2) is 59.8 Å². The van der Waals surface area contributed by atoms with Crippen molar-refractivity contribution in [1.82, 2.24) is 9.80 Å². The van der Waals surface area contributed by atoms with Crippen molar-refractivity contribution < 1.29 is 28.2 Å². The number of piperidine rings is 1. The smallest absolute Gasteiger partial charge is 0.320 e. The summed E-state index contributed by atoms with van der Waals surface area (Å²) in [6, 6.07) is 16.4. The number of likely N-dealkylation sites (tertiary alicyclic amines) is 1. The normalized spacial score (nSPS) is 19.2. The second-order valence-electron chi connectivity index (χ2n) is 12.3. The number of amides is 1. The Bertz CT molecular complexity index is 1560. The zero-order valence-electron chi connectivity index (χ0n) is 25.2. The molecule has 3 aromatic carbocycles. The second-order valence-corrected chi connectivity index (χ2v) is 13.1. The van der Waals surface area contributed by atoms with Gasteiger partial charge in [-0.3, -0.25) is 24.2 Å². The number of hydrogen-bond acceptors (Lipinski definition) is 6. The van der Waals surface area contributed by atoms with Crippen LogP contribution in [0.15, 0.2) is 60.7 Å². The molecule has 1 fully saturated rings. The van der Waals surface area contributed by atoms with E-state index < -0.39 is 23.1 Å². The Kier molecular flexibility index (Phi) is 9.19. The average Bonchev–Trinajstić information content (AvgIpc) is 3.21. The molecule has 2 aliphatic heterocycles. The molecule has 0 spiro atoms. The Hall–Kier alpha value is -3.30. The first kappa shape index (κ1) is 32.1. The third kappa shape index (κ3) is 6.40. The molecule has 232 valence electrons. The van der Waals surface area contributed by atoms with E-state index in [4.69, 9.17) is 32.7 Å². The zero-order chi connectivity index (χ0) is 31.8. The molecule has 10 heteroatoms. The standard InChI is InChI=1S/C34H35Cl2FN2O5/c1-33(2,3)44-29(40)20-38-15-13-22(14-16-38)31(41)23-17-27-30(28(37)18-23)34(43-4,24-7-11-26(36)12-8-24)39(32(27)42)19-21-5-9-25(35)10-6-21/h5-12,17-18,22H,13-16,19-20H2,1-4H3/t34-/m1/s1. The molecule has 44 heavy (non-hydrogen) atoms. The summed E-state index contributed by atoms with van der Waals surface area (Å²) in [4.78, 5) is 43.4. The third-order valence-corrected chi connectivity index (χ3v) is 8.59. The minimum Gasteiger partial charge on any atom is -0.459 e. The number of carbonyl (C=O) groups excluding carboxylic acids is 3. The lowest BCUT2D eigenvalue weighted by atomic mass is 9.86. The van der Waals surface area contributed by atoms with Crippen molar-refractivity contribution in [3.05, 3.63) is 104 Å². The summed E-state index contributed by atoms with van der Waals surface area (Å²) in [6.07, 6.45) is 1.01. The van der Waals surface area contributed by atoms with Gasteiger partial charge in [0.15, 0.2) is 11.5 Å². The maximum Gasteiger partial charge on any atom is 0.320 e. The van der Waals surface area contributed by atoms with Gasteiger partial charge in [0.25, 0.3) is 5.91 Å². The van der Waals surface area contributed by atoms with E-state index in [-0.39, 0.29) is 47.5 Å². The Morgan fingerprint density at radius 3 is 2.14 bits per heavy atom. The highest BCUT2D eigenvalue weighted by Gasteiger charge is 2.54. The molecule has 0 radical (unpaired) electrons. The van der Waals surface area contributed by atoms with Gasteiger partial charge in [0.05, 0.1) is 17.7 Å². The highest BCUT2D eigenvalue weighted by atomic mass is 35.5. The van der Waals surface area contributed by atoms with Gasteiger partial charge in [0.2, 0.25) is 0 Å².